The first kappa shape index (κ1) is 19.9. The molecule has 0 aromatic carbocycles. The van der Waals surface area contributed by atoms with Crippen molar-refractivity contribution in [2.75, 3.05) is 19.6 Å². The first-order chi connectivity index (χ1) is 8.70. The van der Waals surface area contributed by atoms with Gasteiger partial charge in [0.2, 0.25) is 0 Å². The number of aliphatic imine (C=N–C) groups is 1. The van der Waals surface area contributed by atoms with Crippen LogP contribution in [-0.2, 0) is 4.74 Å². The molecule has 0 aliphatic carbocycles. The number of halogens is 1. The second kappa shape index (κ2) is 8.38. The van der Waals surface area contributed by atoms with Gasteiger partial charge in [0.1, 0.15) is 0 Å². The quantitative estimate of drug-likeness (QED) is 0.431. The largest absolute Gasteiger partial charge is 0.373 e. The lowest BCUT2D eigenvalue weighted by Crippen LogP contribution is -2.56. The molecule has 2 atom stereocenters. The van der Waals surface area contributed by atoms with Crippen LogP contribution in [0.3, 0.4) is 0 Å². The molecule has 5 nitrogen and oxygen atoms in total. The molecule has 0 bridgehead atoms. The Kier molecular flexibility index (Phi) is 8.35. The van der Waals surface area contributed by atoms with Crippen molar-refractivity contribution in [3.05, 3.63) is 0 Å². The van der Waals surface area contributed by atoms with Crippen molar-refractivity contribution in [1.82, 2.24) is 10.2 Å². The number of rotatable bonds is 4. The van der Waals surface area contributed by atoms with Crippen LogP contribution in [0.2, 0.25) is 0 Å². The van der Waals surface area contributed by atoms with Crippen molar-refractivity contribution in [2.45, 2.75) is 65.3 Å². The van der Waals surface area contributed by atoms with E-state index in [4.69, 9.17) is 10.5 Å². The average molecular weight is 398 g/mol. The summed E-state index contributed by atoms with van der Waals surface area (Å²) >= 11 is 0. The summed E-state index contributed by atoms with van der Waals surface area (Å²) in [5, 5.41) is 3.12. The predicted molar refractivity (Wildman–Crippen MR) is 95.8 cm³/mol. The van der Waals surface area contributed by atoms with E-state index < -0.39 is 0 Å². The van der Waals surface area contributed by atoms with Crippen LogP contribution < -0.4 is 11.1 Å². The molecule has 1 aliphatic heterocycles. The van der Waals surface area contributed by atoms with Gasteiger partial charge >= 0.3 is 0 Å². The van der Waals surface area contributed by atoms with E-state index in [0.717, 1.165) is 13.1 Å². The number of nitrogens with two attached hydrogens (primary N) is 1. The number of nitrogens with one attached hydrogen (secondary N) is 1. The molecule has 20 heavy (non-hydrogen) atoms. The van der Waals surface area contributed by atoms with Gasteiger partial charge in [0, 0.05) is 24.7 Å². The highest BCUT2D eigenvalue weighted by atomic mass is 127. The lowest BCUT2D eigenvalue weighted by molar-refractivity contribution is -0.0939. The van der Waals surface area contributed by atoms with Gasteiger partial charge in [0.15, 0.2) is 5.96 Å². The normalized spacial score (nSPS) is 25.4. The molecule has 1 saturated heterocycles. The van der Waals surface area contributed by atoms with Crippen molar-refractivity contribution in [1.29, 1.82) is 0 Å². The van der Waals surface area contributed by atoms with Gasteiger partial charge in [-0.1, -0.05) is 0 Å². The average Bonchev–Trinajstić information content (AvgIpc) is 2.24. The summed E-state index contributed by atoms with van der Waals surface area (Å²) in [5.74, 6) is 0.525. The minimum atomic E-state index is -0.00439. The Morgan fingerprint density at radius 1 is 1.35 bits per heavy atom. The van der Waals surface area contributed by atoms with Gasteiger partial charge in [-0.05, 0) is 41.5 Å². The number of ether oxygens (including phenoxy) is 1. The zero-order valence-corrected chi connectivity index (χ0v) is 16.0. The van der Waals surface area contributed by atoms with E-state index in [-0.39, 0.29) is 41.7 Å². The molecule has 120 valence electrons. The Morgan fingerprint density at radius 2 is 1.85 bits per heavy atom. The lowest BCUT2D eigenvalue weighted by Gasteiger charge is -2.44. The van der Waals surface area contributed by atoms with Crippen molar-refractivity contribution in [2.24, 2.45) is 10.7 Å². The van der Waals surface area contributed by atoms with Crippen LogP contribution in [0.4, 0.5) is 0 Å². The number of morpholine rings is 1. The Hall–Kier alpha value is -0.0800. The monoisotopic (exact) mass is 398 g/mol. The smallest absolute Gasteiger partial charge is 0.188 e. The standard InChI is InChI=1S/C14H30N4O.HI/c1-10(2)17-13(15)16-9-14(5,6)18-7-11(3)19-12(4)8-18;/h10-12H,7-9H2,1-6H3,(H3,15,16,17);1H. The molecule has 0 aromatic rings. The molecule has 1 aliphatic rings. The molecule has 0 radical (unpaired) electrons. The highest BCUT2D eigenvalue weighted by Crippen LogP contribution is 2.21. The van der Waals surface area contributed by atoms with Crippen LogP contribution in [0.25, 0.3) is 0 Å². The minimum Gasteiger partial charge on any atom is -0.373 e. The molecule has 2 unspecified atom stereocenters. The molecule has 1 fully saturated rings. The highest BCUT2D eigenvalue weighted by Gasteiger charge is 2.32. The molecule has 1 rings (SSSR count). The maximum Gasteiger partial charge on any atom is 0.188 e. The minimum absolute atomic E-state index is 0. The molecule has 1 heterocycles. The summed E-state index contributed by atoms with van der Waals surface area (Å²) in [4.78, 5) is 6.90. The van der Waals surface area contributed by atoms with E-state index in [1.165, 1.54) is 0 Å². The van der Waals surface area contributed by atoms with Crippen LogP contribution in [0.1, 0.15) is 41.5 Å². The molecule has 0 aromatic heterocycles. The van der Waals surface area contributed by atoms with Crippen LogP contribution >= 0.6 is 24.0 Å². The van der Waals surface area contributed by atoms with Gasteiger partial charge in [-0.3, -0.25) is 9.89 Å². The second-order valence-corrected chi connectivity index (χ2v) is 6.48. The fourth-order valence-corrected chi connectivity index (χ4v) is 2.39. The van der Waals surface area contributed by atoms with Gasteiger partial charge in [-0.15, -0.1) is 24.0 Å². The second-order valence-electron chi connectivity index (χ2n) is 6.48. The maximum atomic E-state index is 5.86. The third kappa shape index (κ3) is 6.58. The summed E-state index contributed by atoms with van der Waals surface area (Å²) < 4.78 is 5.78. The first-order valence-electron chi connectivity index (χ1n) is 7.17. The molecule has 0 amide bonds. The molecular formula is C14H31IN4O. The Labute approximate surface area is 140 Å². The molecule has 0 saturated carbocycles. The van der Waals surface area contributed by atoms with Gasteiger partial charge in [-0.2, -0.15) is 0 Å². The summed E-state index contributed by atoms with van der Waals surface area (Å²) in [6, 6.07) is 0.315. The number of hydrogen-bond donors (Lipinski definition) is 2. The van der Waals surface area contributed by atoms with Gasteiger partial charge in [0.05, 0.1) is 18.8 Å². The fourth-order valence-electron chi connectivity index (χ4n) is 2.39. The first-order valence-corrected chi connectivity index (χ1v) is 7.17. The summed E-state index contributed by atoms with van der Waals surface area (Å²) in [5.41, 5.74) is 5.86. The van der Waals surface area contributed by atoms with Crippen molar-refractivity contribution < 1.29 is 4.74 Å². The van der Waals surface area contributed by atoms with Crippen molar-refractivity contribution >= 4 is 29.9 Å². The predicted octanol–water partition coefficient (Wildman–Crippen LogP) is 1.80. The van der Waals surface area contributed by atoms with E-state index in [1.807, 2.05) is 0 Å². The van der Waals surface area contributed by atoms with Crippen molar-refractivity contribution in [3.8, 4) is 0 Å². The number of hydrogen-bond acceptors (Lipinski definition) is 3. The van der Waals surface area contributed by atoms with Crippen LogP contribution in [-0.4, -0.2) is 54.3 Å². The van der Waals surface area contributed by atoms with Crippen LogP contribution in [0.5, 0.6) is 0 Å². The third-order valence-electron chi connectivity index (χ3n) is 3.35. The van der Waals surface area contributed by atoms with E-state index in [2.05, 4.69) is 56.8 Å². The van der Waals surface area contributed by atoms with Crippen LogP contribution in [0.15, 0.2) is 4.99 Å². The Balaban J connectivity index is 0.00000361. The lowest BCUT2D eigenvalue weighted by atomic mass is 10.0. The zero-order valence-electron chi connectivity index (χ0n) is 13.6. The summed E-state index contributed by atoms with van der Waals surface area (Å²) in [6.45, 7) is 15.4. The Bertz CT molecular complexity index is 310. The zero-order chi connectivity index (χ0) is 14.6. The SMILES string of the molecule is CC(C)NC(N)=NCC(C)(C)N1CC(C)OC(C)C1.I. The summed E-state index contributed by atoms with van der Waals surface area (Å²) in [6.07, 6.45) is 0.552. The van der Waals surface area contributed by atoms with Gasteiger partial charge in [-0.25, -0.2) is 0 Å². The number of nitrogens with zero attached hydrogens (tertiary/aromatic N) is 2. The molecular weight excluding hydrogens is 367 g/mol. The van der Waals surface area contributed by atoms with Gasteiger partial charge in [0.25, 0.3) is 0 Å². The highest BCUT2D eigenvalue weighted by molar-refractivity contribution is 14.0. The number of guanidine groups is 1. The van der Waals surface area contributed by atoms with E-state index in [1.54, 1.807) is 0 Å². The topological polar surface area (TPSA) is 62.9 Å². The third-order valence-corrected chi connectivity index (χ3v) is 3.35. The van der Waals surface area contributed by atoms with Crippen LogP contribution in [0, 0.1) is 0 Å². The maximum absolute atomic E-state index is 5.86. The molecule has 6 heteroatoms. The van der Waals surface area contributed by atoms with Crippen molar-refractivity contribution in [3.63, 3.8) is 0 Å². The van der Waals surface area contributed by atoms with Gasteiger partial charge < -0.3 is 15.8 Å². The van der Waals surface area contributed by atoms with E-state index in [0.29, 0.717) is 18.5 Å². The van der Waals surface area contributed by atoms with E-state index >= 15 is 0 Å². The Morgan fingerprint density at radius 3 is 2.30 bits per heavy atom. The molecule has 3 N–H and O–H groups in total. The fraction of sp³-hybridized carbons (Fsp3) is 0.929. The van der Waals surface area contributed by atoms with E-state index in [9.17, 15) is 0 Å². The molecule has 0 spiro atoms. The summed E-state index contributed by atoms with van der Waals surface area (Å²) in [7, 11) is 0.